The lowest BCUT2D eigenvalue weighted by molar-refractivity contribution is -0.145. The summed E-state index contributed by atoms with van der Waals surface area (Å²) < 4.78 is 21.4. The van der Waals surface area contributed by atoms with E-state index in [9.17, 15) is 14.4 Å². The third-order valence-corrected chi connectivity index (χ3v) is 4.79. The minimum Gasteiger partial charge on any atom is -0.497 e. The molecule has 0 atom stereocenters. The highest BCUT2D eigenvalue weighted by Gasteiger charge is 2.14. The zero-order valence-corrected chi connectivity index (χ0v) is 20.5. The van der Waals surface area contributed by atoms with Crippen molar-refractivity contribution in [3.63, 3.8) is 0 Å². The molecule has 33 heavy (non-hydrogen) atoms. The fourth-order valence-corrected chi connectivity index (χ4v) is 3.31. The number of nitrogens with one attached hydrogen (secondary N) is 2. The van der Waals surface area contributed by atoms with Crippen LogP contribution in [0.5, 0.6) is 17.2 Å². The number of esters is 1. The van der Waals surface area contributed by atoms with Crippen molar-refractivity contribution in [2.45, 2.75) is 13.3 Å². The van der Waals surface area contributed by atoms with Gasteiger partial charge in [0.2, 0.25) is 11.8 Å². The van der Waals surface area contributed by atoms with Crippen LogP contribution in [0.25, 0.3) is 0 Å². The lowest BCUT2D eigenvalue weighted by Gasteiger charge is -2.13. The van der Waals surface area contributed by atoms with Gasteiger partial charge < -0.3 is 24.3 Å². The molecule has 0 aliphatic heterocycles. The molecular formula is C22H24IN3O7. The Hall–Kier alpha value is -3.35. The van der Waals surface area contributed by atoms with Gasteiger partial charge in [0.1, 0.15) is 12.2 Å². The van der Waals surface area contributed by atoms with E-state index in [0.29, 0.717) is 32.1 Å². The SMILES string of the molecule is CCOC(=O)COc1c(I)cc(C=NNC(=O)CC(=O)Nc2ccc(OC)cc2)cc1OC. The number of halogens is 1. The van der Waals surface area contributed by atoms with Gasteiger partial charge in [-0.2, -0.15) is 5.10 Å². The summed E-state index contributed by atoms with van der Waals surface area (Å²) in [5, 5.41) is 6.49. The van der Waals surface area contributed by atoms with Crippen molar-refractivity contribution in [3.05, 3.63) is 45.5 Å². The molecule has 0 fully saturated rings. The van der Waals surface area contributed by atoms with Gasteiger partial charge in [-0.15, -0.1) is 0 Å². The molecule has 0 bridgehead atoms. The Morgan fingerprint density at radius 1 is 1.06 bits per heavy atom. The standard InChI is InChI=1S/C22H24IN3O7/c1-4-32-21(29)13-33-22-17(23)9-14(10-18(22)31-3)12-24-26-20(28)11-19(27)25-15-5-7-16(30-2)8-6-15/h5-10,12H,4,11,13H2,1-3H3,(H,25,27)(H,26,28). The molecule has 2 N–H and O–H groups in total. The second-order valence-corrected chi connectivity index (χ2v) is 7.54. The number of ether oxygens (including phenoxy) is 4. The normalized spacial score (nSPS) is 10.4. The van der Waals surface area contributed by atoms with E-state index in [-0.39, 0.29) is 13.2 Å². The predicted molar refractivity (Wildman–Crippen MR) is 130 cm³/mol. The Morgan fingerprint density at radius 2 is 1.79 bits per heavy atom. The number of anilines is 1. The number of hydrogen-bond acceptors (Lipinski definition) is 8. The summed E-state index contributed by atoms with van der Waals surface area (Å²) in [6, 6.07) is 10.1. The topological polar surface area (TPSA) is 125 Å². The summed E-state index contributed by atoms with van der Waals surface area (Å²) in [6.07, 6.45) is 1.00. The summed E-state index contributed by atoms with van der Waals surface area (Å²) in [4.78, 5) is 35.5. The van der Waals surface area contributed by atoms with E-state index in [1.54, 1.807) is 50.4 Å². The van der Waals surface area contributed by atoms with Crippen molar-refractivity contribution in [1.29, 1.82) is 0 Å². The number of rotatable bonds is 11. The monoisotopic (exact) mass is 569 g/mol. The van der Waals surface area contributed by atoms with Crippen LogP contribution in [0.2, 0.25) is 0 Å². The highest BCUT2D eigenvalue weighted by Crippen LogP contribution is 2.33. The fourth-order valence-electron chi connectivity index (χ4n) is 2.53. The van der Waals surface area contributed by atoms with E-state index >= 15 is 0 Å². The average molecular weight is 569 g/mol. The smallest absolute Gasteiger partial charge is 0.344 e. The summed E-state index contributed by atoms with van der Waals surface area (Å²) in [6.45, 7) is 1.73. The molecule has 0 heterocycles. The van der Waals surface area contributed by atoms with E-state index < -0.39 is 24.2 Å². The first-order chi connectivity index (χ1) is 15.9. The van der Waals surface area contributed by atoms with Crippen molar-refractivity contribution in [3.8, 4) is 17.2 Å². The first-order valence-corrected chi connectivity index (χ1v) is 10.9. The Morgan fingerprint density at radius 3 is 2.42 bits per heavy atom. The zero-order chi connectivity index (χ0) is 24.2. The van der Waals surface area contributed by atoms with E-state index in [2.05, 4.69) is 15.8 Å². The third kappa shape index (κ3) is 8.60. The molecule has 2 amide bonds. The minimum atomic E-state index is -0.576. The van der Waals surface area contributed by atoms with Crippen LogP contribution in [0.1, 0.15) is 18.9 Å². The number of methoxy groups -OCH3 is 2. The molecule has 2 aromatic rings. The molecule has 0 aromatic heterocycles. The number of carbonyl (C=O) groups excluding carboxylic acids is 3. The van der Waals surface area contributed by atoms with Crippen LogP contribution in [0, 0.1) is 3.57 Å². The van der Waals surface area contributed by atoms with Gasteiger partial charge in [-0.3, -0.25) is 9.59 Å². The van der Waals surface area contributed by atoms with E-state index in [4.69, 9.17) is 18.9 Å². The van der Waals surface area contributed by atoms with Crippen molar-refractivity contribution in [2.75, 3.05) is 32.8 Å². The number of carbonyl (C=O) groups is 3. The van der Waals surface area contributed by atoms with Gasteiger partial charge in [0.15, 0.2) is 18.1 Å². The first-order valence-electron chi connectivity index (χ1n) is 9.78. The quantitative estimate of drug-likeness (QED) is 0.140. The fraction of sp³-hybridized carbons (Fsp3) is 0.273. The molecule has 2 rings (SSSR count). The van der Waals surface area contributed by atoms with Crippen molar-refractivity contribution in [2.24, 2.45) is 5.10 Å². The van der Waals surface area contributed by atoms with E-state index in [1.807, 2.05) is 22.6 Å². The van der Waals surface area contributed by atoms with Crippen LogP contribution in [-0.2, 0) is 19.1 Å². The van der Waals surface area contributed by atoms with Gasteiger partial charge in [0.05, 0.1) is 30.6 Å². The van der Waals surface area contributed by atoms with Crippen LogP contribution < -0.4 is 25.0 Å². The van der Waals surface area contributed by atoms with Crippen molar-refractivity contribution >= 4 is 52.3 Å². The molecular weight excluding hydrogens is 545 g/mol. The van der Waals surface area contributed by atoms with Crippen molar-refractivity contribution < 1.29 is 33.3 Å². The highest BCUT2D eigenvalue weighted by molar-refractivity contribution is 14.1. The first kappa shape index (κ1) is 25.9. The second kappa shape index (κ2) is 13.3. The van der Waals surface area contributed by atoms with E-state index in [0.717, 1.165) is 0 Å². The van der Waals surface area contributed by atoms with Crippen LogP contribution >= 0.6 is 22.6 Å². The molecule has 11 heteroatoms. The molecule has 0 unspecified atom stereocenters. The third-order valence-electron chi connectivity index (χ3n) is 3.99. The van der Waals surface area contributed by atoms with Gasteiger partial charge >= 0.3 is 5.97 Å². The average Bonchev–Trinajstić information content (AvgIpc) is 2.78. The summed E-state index contributed by atoms with van der Waals surface area (Å²) in [5.41, 5.74) is 3.46. The molecule has 10 nitrogen and oxygen atoms in total. The summed E-state index contributed by atoms with van der Waals surface area (Å²) >= 11 is 2.03. The minimum absolute atomic E-state index is 0.248. The van der Waals surface area contributed by atoms with Gasteiger partial charge in [0.25, 0.3) is 0 Å². The molecule has 0 aliphatic carbocycles. The molecule has 2 aromatic carbocycles. The Labute approximate surface area is 204 Å². The van der Waals surface area contributed by atoms with Gasteiger partial charge in [0, 0.05) is 5.69 Å². The molecule has 0 aliphatic rings. The Kier molecular flexibility index (Phi) is 10.4. The molecule has 0 saturated carbocycles. The zero-order valence-electron chi connectivity index (χ0n) is 18.3. The number of amides is 2. The number of hydrogen-bond donors (Lipinski definition) is 2. The number of nitrogens with zero attached hydrogens (tertiary/aromatic N) is 1. The molecule has 0 radical (unpaired) electrons. The molecule has 176 valence electrons. The maximum absolute atomic E-state index is 12.0. The largest absolute Gasteiger partial charge is 0.497 e. The second-order valence-electron chi connectivity index (χ2n) is 6.37. The number of benzene rings is 2. The van der Waals surface area contributed by atoms with Crippen LogP contribution in [-0.4, -0.2) is 51.4 Å². The van der Waals surface area contributed by atoms with E-state index in [1.165, 1.54) is 13.3 Å². The Bertz CT molecular complexity index is 1010. The maximum Gasteiger partial charge on any atom is 0.344 e. The maximum atomic E-state index is 12.0. The van der Waals surface area contributed by atoms with Gasteiger partial charge in [-0.05, 0) is 71.5 Å². The van der Waals surface area contributed by atoms with Crippen molar-refractivity contribution in [1.82, 2.24) is 5.43 Å². The molecule has 0 spiro atoms. The van der Waals surface area contributed by atoms with Crippen LogP contribution in [0.15, 0.2) is 41.5 Å². The summed E-state index contributed by atoms with van der Waals surface area (Å²) in [5.74, 6) is -0.106. The highest BCUT2D eigenvalue weighted by atomic mass is 127. The van der Waals surface area contributed by atoms with Gasteiger partial charge in [-0.1, -0.05) is 0 Å². The summed E-state index contributed by atoms with van der Waals surface area (Å²) in [7, 11) is 3.01. The number of hydrazone groups is 1. The predicted octanol–water partition coefficient (Wildman–Crippen LogP) is 2.73. The van der Waals surface area contributed by atoms with Crippen LogP contribution in [0.4, 0.5) is 5.69 Å². The lowest BCUT2D eigenvalue weighted by Crippen LogP contribution is -2.24. The van der Waals surface area contributed by atoms with Crippen LogP contribution in [0.3, 0.4) is 0 Å². The Balaban J connectivity index is 1.91. The lowest BCUT2D eigenvalue weighted by atomic mass is 10.2. The van der Waals surface area contributed by atoms with Gasteiger partial charge in [-0.25, -0.2) is 10.2 Å². The molecule has 0 saturated heterocycles.